The van der Waals surface area contributed by atoms with Gasteiger partial charge in [0.05, 0.1) is 6.04 Å². The summed E-state index contributed by atoms with van der Waals surface area (Å²) in [7, 11) is 5.72. The lowest BCUT2D eigenvalue weighted by atomic mass is 10.1. The largest absolute Gasteiger partial charge is 0.347 e. The zero-order valence-corrected chi connectivity index (χ0v) is 10.4. The summed E-state index contributed by atoms with van der Waals surface area (Å²) >= 11 is 0. The Morgan fingerprint density at radius 1 is 1.53 bits per heavy atom. The van der Waals surface area contributed by atoms with Crippen LogP contribution in [0.4, 0.5) is 0 Å². The summed E-state index contributed by atoms with van der Waals surface area (Å²) in [5.41, 5.74) is 0. The van der Waals surface area contributed by atoms with Crippen LogP contribution in [0.1, 0.15) is 20.3 Å². The molecule has 4 nitrogen and oxygen atoms in total. The van der Waals surface area contributed by atoms with E-state index in [-0.39, 0.29) is 11.9 Å². The average Bonchev–Trinajstić information content (AvgIpc) is 2.44. The van der Waals surface area contributed by atoms with Crippen molar-refractivity contribution >= 4 is 5.91 Å². The number of likely N-dealkylation sites (tertiary alicyclic amines) is 1. The molecule has 1 aliphatic rings. The Morgan fingerprint density at radius 2 is 2.13 bits per heavy atom. The molecule has 4 heteroatoms. The van der Waals surface area contributed by atoms with Crippen molar-refractivity contribution in [3.05, 3.63) is 0 Å². The molecule has 1 amide bonds. The Morgan fingerprint density at radius 3 is 2.53 bits per heavy atom. The molecule has 1 N–H and O–H groups in total. The SMILES string of the molecule is CC1CC(N[C@H](C)C(=O)N(C)C)CN1C. The van der Waals surface area contributed by atoms with Crippen molar-refractivity contribution in [2.75, 3.05) is 27.7 Å². The summed E-state index contributed by atoms with van der Waals surface area (Å²) in [6.07, 6.45) is 1.13. The van der Waals surface area contributed by atoms with Crippen molar-refractivity contribution in [1.82, 2.24) is 15.1 Å². The molecule has 1 aliphatic heterocycles. The second-order valence-corrected chi connectivity index (χ2v) is 4.84. The number of carbonyl (C=O) groups excluding carboxylic acids is 1. The maximum atomic E-state index is 11.6. The molecule has 0 radical (unpaired) electrons. The molecule has 0 aromatic rings. The van der Waals surface area contributed by atoms with Gasteiger partial charge in [-0.15, -0.1) is 0 Å². The van der Waals surface area contributed by atoms with Crippen LogP contribution in [0.5, 0.6) is 0 Å². The smallest absolute Gasteiger partial charge is 0.238 e. The molecular formula is C11H23N3O. The van der Waals surface area contributed by atoms with Gasteiger partial charge in [0.1, 0.15) is 0 Å². The van der Waals surface area contributed by atoms with E-state index < -0.39 is 0 Å². The Kier molecular flexibility index (Phi) is 4.11. The normalized spacial score (nSPS) is 29.1. The second kappa shape index (κ2) is 4.94. The van der Waals surface area contributed by atoms with E-state index in [2.05, 4.69) is 24.2 Å². The monoisotopic (exact) mass is 213 g/mol. The van der Waals surface area contributed by atoms with Crippen LogP contribution >= 0.6 is 0 Å². The number of rotatable bonds is 3. The minimum atomic E-state index is -0.0799. The Balaban J connectivity index is 2.39. The third kappa shape index (κ3) is 3.18. The van der Waals surface area contributed by atoms with Crippen molar-refractivity contribution in [3.63, 3.8) is 0 Å². The van der Waals surface area contributed by atoms with Gasteiger partial charge in [-0.25, -0.2) is 0 Å². The van der Waals surface area contributed by atoms with Crippen LogP contribution in [0.25, 0.3) is 0 Å². The van der Waals surface area contributed by atoms with Crippen molar-refractivity contribution in [2.45, 2.75) is 38.4 Å². The van der Waals surface area contributed by atoms with E-state index in [1.807, 2.05) is 6.92 Å². The van der Waals surface area contributed by atoms with Gasteiger partial charge >= 0.3 is 0 Å². The summed E-state index contributed by atoms with van der Waals surface area (Å²) in [6.45, 7) is 5.19. The average molecular weight is 213 g/mol. The van der Waals surface area contributed by atoms with E-state index in [1.54, 1.807) is 19.0 Å². The first-order chi connectivity index (χ1) is 6.91. The third-order valence-electron chi connectivity index (χ3n) is 3.18. The van der Waals surface area contributed by atoms with E-state index in [9.17, 15) is 4.79 Å². The van der Waals surface area contributed by atoms with Crippen molar-refractivity contribution < 1.29 is 4.79 Å². The van der Waals surface area contributed by atoms with Gasteiger partial charge in [0.15, 0.2) is 0 Å². The van der Waals surface area contributed by atoms with Crippen molar-refractivity contribution in [3.8, 4) is 0 Å². The van der Waals surface area contributed by atoms with Crippen LogP contribution < -0.4 is 5.32 Å². The van der Waals surface area contributed by atoms with Gasteiger partial charge in [-0.05, 0) is 27.3 Å². The zero-order chi connectivity index (χ0) is 11.6. The van der Waals surface area contributed by atoms with Crippen LogP contribution in [0.2, 0.25) is 0 Å². The molecule has 88 valence electrons. The predicted octanol–water partition coefficient (Wildman–Crippen LogP) is 0.145. The van der Waals surface area contributed by atoms with Crippen LogP contribution in [0.3, 0.4) is 0 Å². The summed E-state index contributed by atoms with van der Waals surface area (Å²) in [5, 5.41) is 3.39. The number of hydrogen-bond acceptors (Lipinski definition) is 3. The van der Waals surface area contributed by atoms with Gasteiger partial charge in [0.25, 0.3) is 0 Å². The first-order valence-electron chi connectivity index (χ1n) is 5.59. The number of likely N-dealkylation sites (N-methyl/N-ethyl adjacent to an activating group) is 2. The number of hydrogen-bond donors (Lipinski definition) is 1. The lowest BCUT2D eigenvalue weighted by Gasteiger charge is -2.21. The van der Waals surface area contributed by atoms with E-state index in [0.717, 1.165) is 13.0 Å². The van der Waals surface area contributed by atoms with Crippen LogP contribution in [0, 0.1) is 0 Å². The van der Waals surface area contributed by atoms with Gasteiger partial charge in [0, 0.05) is 32.7 Å². The molecule has 0 saturated carbocycles. The maximum absolute atomic E-state index is 11.6. The van der Waals surface area contributed by atoms with E-state index >= 15 is 0 Å². The highest BCUT2D eigenvalue weighted by atomic mass is 16.2. The molecule has 0 aromatic heterocycles. The summed E-state index contributed by atoms with van der Waals surface area (Å²) in [5.74, 6) is 0.150. The quantitative estimate of drug-likeness (QED) is 0.724. The standard InChI is InChI=1S/C11H23N3O/c1-8-6-10(7-14(8)5)12-9(2)11(15)13(3)4/h8-10,12H,6-7H2,1-5H3/t8?,9-,10?/m1/s1. The van der Waals surface area contributed by atoms with Gasteiger partial charge in [0.2, 0.25) is 5.91 Å². The summed E-state index contributed by atoms with van der Waals surface area (Å²) in [4.78, 5) is 15.6. The van der Waals surface area contributed by atoms with Crippen LogP contribution in [-0.2, 0) is 4.79 Å². The number of amides is 1. The first kappa shape index (κ1) is 12.5. The molecule has 1 heterocycles. The molecular weight excluding hydrogens is 190 g/mol. The Labute approximate surface area is 92.6 Å². The highest BCUT2D eigenvalue weighted by Gasteiger charge is 2.28. The summed E-state index contributed by atoms with van der Waals surface area (Å²) < 4.78 is 0. The van der Waals surface area contributed by atoms with E-state index in [0.29, 0.717) is 12.1 Å². The molecule has 15 heavy (non-hydrogen) atoms. The molecule has 1 fully saturated rings. The number of nitrogens with zero attached hydrogens (tertiary/aromatic N) is 2. The first-order valence-corrected chi connectivity index (χ1v) is 5.59. The molecule has 3 atom stereocenters. The second-order valence-electron chi connectivity index (χ2n) is 4.84. The van der Waals surface area contributed by atoms with Gasteiger partial charge in [-0.2, -0.15) is 0 Å². The minimum Gasteiger partial charge on any atom is -0.347 e. The zero-order valence-electron chi connectivity index (χ0n) is 10.4. The number of nitrogens with one attached hydrogen (secondary N) is 1. The van der Waals surface area contributed by atoms with Crippen molar-refractivity contribution in [2.24, 2.45) is 0 Å². The Hall–Kier alpha value is -0.610. The molecule has 0 spiro atoms. The fraction of sp³-hybridized carbons (Fsp3) is 0.909. The topological polar surface area (TPSA) is 35.6 Å². The van der Waals surface area contributed by atoms with E-state index in [1.165, 1.54) is 0 Å². The summed E-state index contributed by atoms with van der Waals surface area (Å²) in [6, 6.07) is 0.983. The lowest BCUT2D eigenvalue weighted by Crippen LogP contribution is -2.46. The fourth-order valence-electron chi connectivity index (χ4n) is 2.13. The molecule has 1 saturated heterocycles. The van der Waals surface area contributed by atoms with E-state index in [4.69, 9.17) is 0 Å². The number of carbonyl (C=O) groups is 1. The van der Waals surface area contributed by atoms with Crippen LogP contribution in [-0.4, -0.2) is 61.5 Å². The van der Waals surface area contributed by atoms with Crippen LogP contribution in [0.15, 0.2) is 0 Å². The molecule has 0 aromatic carbocycles. The molecule has 0 bridgehead atoms. The molecule has 1 rings (SSSR count). The minimum absolute atomic E-state index is 0.0799. The third-order valence-corrected chi connectivity index (χ3v) is 3.18. The highest BCUT2D eigenvalue weighted by Crippen LogP contribution is 2.15. The molecule has 2 unspecified atom stereocenters. The van der Waals surface area contributed by atoms with Gasteiger partial charge < -0.3 is 15.1 Å². The van der Waals surface area contributed by atoms with Gasteiger partial charge in [-0.3, -0.25) is 4.79 Å². The highest BCUT2D eigenvalue weighted by molar-refractivity contribution is 5.80. The lowest BCUT2D eigenvalue weighted by molar-refractivity contribution is -0.130. The Bertz CT molecular complexity index is 220. The molecule has 0 aliphatic carbocycles. The maximum Gasteiger partial charge on any atom is 0.238 e. The van der Waals surface area contributed by atoms with Gasteiger partial charge in [-0.1, -0.05) is 0 Å². The van der Waals surface area contributed by atoms with Crippen molar-refractivity contribution in [1.29, 1.82) is 0 Å². The fourth-order valence-corrected chi connectivity index (χ4v) is 2.13. The predicted molar refractivity (Wildman–Crippen MR) is 61.8 cm³/mol.